The van der Waals surface area contributed by atoms with E-state index in [1.807, 2.05) is 18.8 Å². The van der Waals surface area contributed by atoms with E-state index >= 15 is 0 Å². The number of aliphatic hydroxyl groups is 1. The SMILES string of the molecule is COc1cnn(CCN(C)C)c1C(O)C1CCCC1(C)C. The fraction of sp³-hybridized carbons (Fsp3) is 0.812. The van der Waals surface area contributed by atoms with Crippen molar-refractivity contribution < 1.29 is 9.84 Å². The predicted molar refractivity (Wildman–Crippen MR) is 83.4 cm³/mol. The molecular weight excluding hydrogens is 266 g/mol. The van der Waals surface area contributed by atoms with Crippen molar-refractivity contribution >= 4 is 0 Å². The van der Waals surface area contributed by atoms with Gasteiger partial charge in [-0.25, -0.2) is 0 Å². The summed E-state index contributed by atoms with van der Waals surface area (Å²) in [4.78, 5) is 2.11. The third-order valence-electron chi connectivity index (χ3n) is 4.83. The van der Waals surface area contributed by atoms with Crippen LogP contribution in [0.2, 0.25) is 0 Å². The summed E-state index contributed by atoms with van der Waals surface area (Å²) in [6.07, 6.45) is 4.63. The molecule has 21 heavy (non-hydrogen) atoms. The minimum Gasteiger partial charge on any atom is -0.493 e. The fourth-order valence-electron chi connectivity index (χ4n) is 3.44. The summed E-state index contributed by atoms with van der Waals surface area (Å²) in [6, 6.07) is 0. The maximum atomic E-state index is 10.9. The van der Waals surface area contributed by atoms with Gasteiger partial charge in [0.25, 0.3) is 0 Å². The van der Waals surface area contributed by atoms with E-state index in [1.54, 1.807) is 13.3 Å². The number of methoxy groups -OCH3 is 1. The smallest absolute Gasteiger partial charge is 0.162 e. The Labute approximate surface area is 127 Å². The number of likely N-dealkylation sites (N-methyl/N-ethyl adjacent to an activating group) is 1. The molecule has 0 saturated heterocycles. The summed E-state index contributed by atoms with van der Waals surface area (Å²) in [5, 5.41) is 15.4. The molecule has 0 spiro atoms. The normalized spacial score (nSPS) is 22.7. The van der Waals surface area contributed by atoms with Gasteiger partial charge in [-0.1, -0.05) is 20.3 Å². The minimum atomic E-state index is -0.512. The molecule has 1 fully saturated rings. The highest BCUT2D eigenvalue weighted by Gasteiger charge is 2.41. The molecular formula is C16H29N3O2. The summed E-state index contributed by atoms with van der Waals surface area (Å²) < 4.78 is 7.33. The first-order valence-electron chi connectivity index (χ1n) is 7.79. The Balaban J connectivity index is 2.26. The molecule has 1 N–H and O–H groups in total. The first-order valence-corrected chi connectivity index (χ1v) is 7.79. The van der Waals surface area contributed by atoms with Crippen molar-refractivity contribution in [3.63, 3.8) is 0 Å². The van der Waals surface area contributed by atoms with Crippen LogP contribution >= 0.6 is 0 Å². The Bertz CT molecular complexity index is 468. The average Bonchev–Trinajstić information content (AvgIpc) is 2.98. The summed E-state index contributed by atoms with van der Waals surface area (Å²) in [7, 11) is 5.72. The quantitative estimate of drug-likeness (QED) is 0.875. The molecule has 120 valence electrons. The molecule has 1 aliphatic carbocycles. The second-order valence-electron chi connectivity index (χ2n) is 7.06. The molecule has 0 radical (unpaired) electrons. The van der Waals surface area contributed by atoms with E-state index in [2.05, 4.69) is 23.8 Å². The van der Waals surface area contributed by atoms with Crippen LogP contribution in [0.3, 0.4) is 0 Å². The lowest BCUT2D eigenvalue weighted by Crippen LogP contribution is -2.27. The lowest BCUT2D eigenvalue weighted by atomic mass is 9.77. The van der Waals surface area contributed by atoms with E-state index < -0.39 is 6.10 Å². The second-order valence-corrected chi connectivity index (χ2v) is 7.06. The van der Waals surface area contributed by atoms with Crippen molar-refractivity contribution in [1.82, 2.24) is 14.7 Å². The molecule has 1 heterocycles. The van der Waals surface area contributed by atoms with Crippen molar-refractivity contribution in [3.8, 4) is 5.75 Å². The second kappa shape index (κ2) is 6.36. The largest absolute Gasteiger partial charge is 0.493 e. The molecule has 5 heteroatoms. The topological polar surface area (TPSA) is 50.5 Å². The molecule has 5 nitrogen and oxygen atoms in total. The average molecular weight is 295 g/mol. The Morgan fingerprint density at radius 2 is 2.24 bits per heavy atom. The van der Waals surface area contributed by atoms with Gasteiger partial charge in [-0.15, -0.1) is 0 Å². The highest BCUT2D eigenvalue weighted by atomic mass is 16.5. The fourth-order valence-corrected chi connectivity index (χ4v) is 3.44. The zero-order valence-electron chi connectivity index (χ0n) is 14.0. The highest BCUT2D eigenvalue weighted by Crippen LogP contribution is 2.49. The van der Waals surface area contributed by atoms with E-state index in [4.69, 9.17) is 4.74 Å². The number of aliphatic hydroxyl groups excluding tert-OH is 1. The molecule has 0 aliphatic heterocycles. The molecule has 1 saturated carbocycles. The van der Waals surface area contributed by atoms with Gasteiger partial charge in [0, 0.05) is 6.54 Å². The van der Waals surface area contributed by atoms with Crippen molar-refractivity contribution in [1.29, 1.82) is 0 Å². The first-order chi connectivity index (χ1) is 9.86. The Kier molecular flexibility index (Phi) is 4.94. The van der Waals surface area contributed by atoms with E-state index in [9.17, 15) is 5.11 Å². The maximum Gasteiger partial charge on any atom is 0.162 e. The number of rotatable bonds is 6. The van der Waals surface area contributed by atoms with E-state index in [0.717, 1.165) is 25.2 Å². The van der Waals surface area contributed by atoms with Gasteiger partial charge >= 0.3 is 0 Å². The predicted octanol–water partition coefficient (Wildman–Crippen LogP) is 2.31. The molecule has 2 unspecified atom stereocenters. The molecule has 0 bridgehead atoms. The van der Waals surface area contributed by atoms with Gasteiger partial charge < -0.3 is 14.7 Å². The van der Waals surface area contributed by atoms with Crippen LogP contribution in [-0.4, -0.2) is 47.5 Å². The zero-order chi connectivity index (χ0) is 15.6. The number of aromatic nitrogens is 2. The number of nitrogens with zero attached hydrogens (tertiary/aromatic N) is 3. The molecule has 0 aromatic carbocycles. The Hall–Kier alpha value is -1.07. The van der Waals surface area contributed by atoms with Crippen LogP contribution in [0.15, 0.2) is 6.20 Å². The van der Waals surface area contributed by atoms with Gasteiger partial charge in [0.1, 0.15) is 11.8 Å². The number of hydrogen-bond acceptors (Lipinski definition) is 4. The van der Waals surface area contributed by atoms with Gasteiger partial charge in [0.15, 0.2) is 5.75 Å². The van der Waals surface area contributed by atoms with Gasteiger partial charge in [0.05, 0.1) is 19.9 Å². The van der Waals surface area contributed by atoms with Crippen molar-refractivity contribution in [2.24, 2.45) is 11.3 Å². The van der Waals surface area contributed by atoms with E-state index in [0.29, 0.717) is 5.75 Å². The molecule has 1 aromatic heterocycles. The molecule has 0 amide bonds. The Morgan fingerprint density at radius 1 is 1.52 bits per heavy atom. The minimum absolute atomic E-state index is 0.168. The zero-order valence-corrected chi connectivity index (χ0v) is 14.0. The van der Waals surface area contributed by atoms with Gasteiger partial charge in [0.2, 0.25) is 0 Å². The molecule has 1 aliphatic rings. The van der Waals surface area contributed by atoms with Gasteiger partial charge in [-0.05, 0) is 38.3 Å². The van der Waals surface area contributed by atoms with Crippen molar-refractivity contribution in [3.05, 3.63) is 11.9 Å². The van der Waals surface area contributed by atoms with Crippen molar-refractivity contribution in [2.45, 2.75) is 45.8 Å². The highest BCUT2D eigenvalue weighted by molar-refractivity contribution is 5.28. The standard InChI is InChI=1S/C16H29N3O2/c1-16(2)8-6-7-12(16)15(20)14-13(21-5)11-17-19(14)10-9-18(3)4/h11-12,15,20H,6-10H2,1-5H3. The van der Waals surface area contributed by atoms with Gasteiger partial charge in [-0.3, -0.25) is 4.68 Å². The third-order valence-corrected chi connectivity index (χ3v) is 4.83. The lowest BCUT2D eigenvalue weighted by Gasteiger charge is -2.31. The van der Waals surface area contributed by atoms with E-state index in [-0.39, 0.29) is 11.3 Å². The van der Waals surface area contributed by atoms with Crippen molar-refractivity contribution in [2.75, 3.05) is 27.7 Å². The lowest BCUT2D eigenvalue weighted by molar-refractivity contribution is 0.0441. The number of hydrogen-bond donors (Lipinski definition) is 1. The van der Waals surface area contributed by atoms with Crippen LogP contribution in [0.25, 0.3) is 0 Å². The van der Waals surface area contributed by atoms with Crippen LogP contribution in [0, 0.1) is 11.3 Å². The molecule has 1 aromatic rings. The molecule has 2 rings (SSSR count). The van der Waals surface area contributed by atoms with Crippen LogP contribution < -0.4 is 4.74 Å². The molecule has 2 atom stereocenters. The van der Waals surface area contributed by atoms with E-state index in [1.165, 1.54) is 12.8 Å². The third kappa shape index (κ3) is 3.40. The van der Waals surface area contributed by atoms with Crippen LogP contribution in [0.5, 0.6) is 5.75 Å². The summed E-state index contributed by atoms with van der Waals surface area (Å²) in [6.45, 7) is 6.15. The number of ether oxygens (including phenoxy) is 1. The Morgan fingerprint density at radius 3 is 2.76 bits per heavy atom. The monoisotopic (exact) mass is 295 g/mol. The van der Waals surface area contributed by atoms with Crippen LogP contribution in [0.4, 0.5) is 0 Å². The van der Waals surface area contributed by atoms with Gasteiger partial charge in [-0.2, -0.15) is 5.10 Å². The summed E-state index contributed by atoms with van der Waals surface area (Å²) in [5.41, 5.74) is 1.00. The maximum absolute atomic E-state index is 10.9. The van der Waals surface area contributed by atoms with Crippen LogP contribution in [-0.2, 0) is 6.54 Å². The summed E-state index contributed by atoms with van der Waals surface area (Å²) in [5.74, 6) is 0.963. The first kappa shape index (κ1) is 16.3. The van der Waals surface area contributed by atoms with Crippen LogP contribution in [0.1, 0.15) is 44.9 Å². The summed E-state index contributed by atoms with van der Waals surface area (Å²) >= 11 is 0.